The van der Waals surface area contributed by atoms with Gasteiger partial charge in [0.1, 0.15) is 0 Å². The summed E-state index contributed by atoms with van der Waals surface area (Å²) in [6.07, 6.45) is 7.03. The lowest BCUT2D eigenvalue weighted by atomic mass is 10.1. The van der Waals surface area contributed by atoms with Crippen molar-refractivity contribution in [3.8, 4) is 5.88 Å². The molecule has 3 heterocycles. The number of nitrogens with zero attached hydrogens (tertiary/aromatic N) is 3. The van der Waals surface area contributed by atoms with Gasteiger partial charge in [0.15, 0.2) is 0 Å². The van der Waals surface area contributed by atoms with E-state index in [0.717, 1.165) is 35.0 Å². The molecule has 0 saturated heterocycles. The van der Waals surface area contributed by atoms with E-state index in [9.17, 15) is 4.79 Å². The number of aromatic nitrogens is 3. The molecule has 3 aromatic rings. The third-order valence-electron chi connectivity index (χ3n) is 4.84. The first-order chi connectivity index (χ1) is 13.7. The van der Waals surface area contributed by atoms with E-state index in [1.165, 1.54) is 0 Å². The van der Waals surface area contributed by atoms with Crippen LogP contribution in [0.3, 0.4) is 0 Å². The number of hydrogen-bond donors (Lipinski definition) is 1. The standard InChI is InChI=1S/C21H21ClN4O2/c1-2-26-9-3-4-10-28-20-14(11-16(22)13-23-20)5-7-18-17-12-15(21(26)27)6-8-19(17)25-24-18/h5-8,11-13H,2-4,9-10H2,1H3,(H,24,25)/b7-5+. The molecular formula is C21H21ClN4O2. The molecule has 4 rings (SSSR count). The van der Waals surface area contributed by atoms with Crippen molar-refractivity contribution in [2.75, 3.05) is 19.7 Å². The summed E-state index contributed by atoms with van der Waals surface area (Å²) in [7, 11) is 0. The Morgan fingerprint density at radius 3 is 3.00 bits per heavy atom. The summed E-state index contributed by atoms with van der Waals surface area (Å²) in [6, 6.07) is 7.46. The highest BCUT2D eigenvalue weighted by molar-refractivity contribution is 6.30. The van der Waals surface area contributed by atoms with Crippen LogP contribution < -0.4 is 4.74 Å². The number of carbonyl (C=O) groups is 1. The molecule has 1 N–H and O–H groups in total. The summed E-state index contributed by atoms with van der Waals surface area (Å²) in [5.74, 6) is 0.576. The van der Waals surface area contributed by atoms with E-state index >= 15 is 0 Å². The quantitative estimate of drug-likeness (QED) is 0.661. The molecule has 0 aliphatic carbocycles. The average molecular weight is 397 g/mol. The van der Waals surface area contributed by atoms with E-state index in [0.29, 0.717) is 36.2 Å². The molecule has 0 radical (unpaired) electrons. The minimum atomic E-state index is 0.0352. The molecule has 0 saturated carbocycles. The second-order valence-electron chi connectivity index (χ2n) is 6.69. The Morgan fingerprint density at radius 1 is 1.25 bits per heavy atom. The predicted molar refractivity (Wildman–Crippen MR) is 111 cm³/mol. The first kappa shape index (κ1) is 18.5. The van der Waals surface area contributed by atoms with E-state index in [1.54, 1.807) is 6.20 Å². The zero-order valence-corrected chi connectivity index (χ0v) is 16.4. The van der Waals surface area contributed by atoms with Gasteiger partial charge in [-0.1, -0.05) is 11.6 Å². The molecule has 7 heteroatoms. The summed E-state index contributed by atoms with van der Waals surface area (Å²) in [5, 5.41) is 8.83. The van der Waals surface area contributed by atoms with Crippen molar-refractivity contribution in [3.63, 3.8) is 0 Å². The highest BCUT2D eigenvalue weighted by Crippen LogP contribution is 2.25. The largest absolute Gasteiger partial charge is 0.477 e. The number of carbonyl (C=O) groups excluding carboxylic acids is 1. The van der Waals surface area contributed by atoms with Crippen LogP contribution in [-0.2, 0) is 0 Å². The number of ether oxygens (including phenoxy) is 1. The number of H-pyrrole nitrogens is 1. The molecule has 28 heavy (non-hydrogen) atoms. The maximum absolute atomic E-state index is 12.9. The number of fused-ring (bicyclic) bond motifs is 2. The zero-order valence-electron chi connectivity index (χ0n) is 15.6. The molecule has 1 aromatic carbocycles. The minimum absolute atomic E-state index is 0.0352. The van der Waals surface area contributed by atoms with Crippen molar-refractivity contribution in [2.24, 2.45) is 0 Å². The highest BCUT2D eigenvalue weighted by atomic mass is 35.5. The maximum atomic E-state index is 12.9. The smallest absolute Gasteiger partial charge is 0.253 e. The number of halogens is 1. The van der Waals surface area contributed by atoms with Crippen LogP contribution >= 0.6 is 11.6 Å². The van der Waals surface area contributed by atoms with Crippen molar-refractivity contribution in [1.82, 2.24) is 20.1 Å². The normalized spacial score (nSPS) is 16.4. The van der Waals surface area contributed by atoms with Crippen LogP contribution in [0.2, 0.25) is 5.02 Å². The highest BCUT2D eigenvalue weighted by Gasteiger charge is 2.16. The van der Waals surface area contributed by atoms with E-state index < -0.39 is 0 Å². The summed E-state index contributed by atoms with van der Waals surface area (Å²) < 4.78 is 5.86. The van der Waals surface area contributed by atoms with Crippen molar-refractivity contribution in [2.45, 2.75) is 19.8 Å². The monoisotopic (exact) mass is 396 g/mol. The molecule has 2 bridgehead atoms. The zero-order chi connectivity index (χ0) is 19.5. The van der Waals surface area contributed by atoms with E-state index in [4.69, 9.17) is 16.3 Å². The number of hydrogen-bond acceptors (Lipinski definition) is 4. The lowest BCUT2D eigenvalue weighted by Gasteiger charge is -2.21. The van der Waals surface area contributed by atoms with E-state index in [1.807, 2.05) is 48.2 Å². The van der Waals surface area contributed by atoms with Gasteiger partial charge in [0, 0.05) is 35.8 Å². The second kappa shape index (κ2) is 8.02. The fraction of sp³-hybridized carbons (Fsp3) is 0.286. The lowest BCUT2D eigenvalue weighted by molar-refractivity contribution is 0.0759. The van der Waals surface area contributed by atoms with Crippen molar-refractivity contribution in [1.29, 1.82) is 0 Å². The Labute approximate surface area is 168 Å². The number of nitrogens with one attached hydrogen (secondary N) is 1. The van der Waals surface area contributed by atoms with Gasteiger partial charge in [-0.25, -0.2) is 4.98 Å². The number of benzene rings is 1. The van der Waals surface area contributed by atoms with Gasteiger partial charge in [-0.15, -0.1) is 0 Å². The average Bonchev–Trinajstić information content (AvgIpc) is 3.11. The van der Waals surface area contributed by atoms with Crippen molar-refractivity contribution in [3.05, 3.63) is 52.3 Å². The third-order valence-corrected chi connectivity index (χ3v) is 5.04. The number of rotatable bonds is 1. The predicted octanol–water partition coefficient (Wildman–Crippen LogP) is 4.42. The molecule has 2 aromatic heterocycles. The van der Waals surface area contributed by atoms with E-state index in [2.05, 4.69) is 15.2 Å². The third kappa shape index (κ3) is 3.73. The first-order valence-corrected chi connectivity index (χ1v) is 9.77. The summed E-state index contributed by atoms with van der Waals surface area (Å²) in [6.45, 7) is 3.88. The van der Waals surface area contributed by atoms with Crippen LogP contribution in [0, 0.1) is 0 Å². The van der Waals surface area contributed by atoms with Gasteiger partial charge >= 0.3 is 0 Å². The van der Waals surface area contributed by atoms with Crippen LogP contribution in [0.5, 0.6) is 5.88 Å². The summed E-state index contributed by atoms with van der Waals surface area (Å²) in [4.78, 5) is 19.1. The summed E-state index contributed by atoms with van der Waals surface area (Å²) in [5.41, 5.74) is 3.08. The van der Waals surface area contributed by atoms with Gasteiger partial charge in [0.2, 0.25) is 5.88 Å². The molecular weight excluding hydrogens is 376 g/mol. The Balaban J connectivity index is 1.80. The van der Waals surface area contributed by atoms with Crippen LogP contribution in [0.25, 0.3) is 23.1 Å². The van der Waals surface area contributed by atoms with Crippen molar-refractivity contribution < 1.29 is 9.53 Å². The number of aromatic amines is 1. The molecule has 0 fully saturated rings. The lowest BCUT2D eigenvalue weighted by Crippen LogP contribution is -2.32. The first-order valence-electron chi connectivity index (χ1n) is 9.39. The molecule has 0 unspecified atom stereocenters. The molecule has 0 atom stereocenters. The maximum Gasteiger partial charge on any atom is 0.253 e. The SMILES string of the molecule is CCN1CCCCOc2ncc(Cl)cc2/C=C/c2n[nH]c3ccc(cc23)C1=O. The fourth-order valence-electron chi connectivity index (χ4n) is 3.30. The molecule has 1 amide bonds. The molecule has 1 aliphatic heterocycles. The molecule has 6 nitrogen and oxygen atoms in total. The van der Waals surface area contributed by atoms with Crippen molar-refractivity contribution >= 4 is 40.6 Å². The molecule has 0 spiro atoms. The molecule has 1 aliphatic rings. The topological polar surface area (TPSA) is 71.1 Å². The van der Waals surface area contributed by atoms with Gasteiger partial charge < -0.3 is 9.64 Å². The van der Waals surface area contributed by atoms with Gasteiger partial charge in [0.05, 0.1) is 22.8 Å². The van der Waals surface area contributed by atoms with Crippen LogP contribution in [0.1, 0.15) is 41.4 Å². The minimum Gasteiger partial charge on any atom is -0.477 e. The number of pyridine rings is 1. The van der Waals surface area contributed by atoms with Crippen LogP contribution in [0.15, 0.2) is 30.5 Å². The Hall–Kier alpha value is -2.86. The Morgan fingerprint density at radius 2 is 2.14 bits per heavy atom. The van der Waals surface area contributed by atoms with Gasteiger partial charge in [-0.2, -0.15) is 5.10 Å². The van der Waals surface area contributed by atoms with Gasteiger partial charge in [0.25, 0.3) is 5.91 Å². The van der Waals surface area contributed by atoms with Gasteiger partial charge in [-0.3, -0.25) is 9.89 Å². The van der Waals surface area contributed by atoms with Crippen LogP contribution in [-0.4, -0.2) is 45.7 Å². The fourth-order valence-corrected chi connectivity index (χ4v) is 3.47. The number of amides is 1. The van der Waals surface area contributed by atoms with Crippen LogP contribution in [0.4, 0.5) is 0 Å². The Kier molecular flexibility index (Phi) is 5.30. The summed E-state index contributed by atoms with van der Waals surface area (Å²) >= 11 is 6.12. The van der Waals surface area contributed by atoms with Gasteiger partial charge in [-0.05, 0) is 56.2 Å². The van der Waals surface area contributed by atoms with E-state index in [-0.39, 0.29) is 5.91 Å². The second-order valence-corrected chi connectivity index (χ2v) is 7.13. The Bertz CT molecular complexity index is 1040. The molecule has 144 valence electrons.